The zero-order valence-electron chi connectivity index (χ0n) is 15.1. The summed E-state index contributed by atoms with van der Waals surface area (Å²) in [6.45, 7) is 4.18. The first-order valence-electron chi connectivity index (χ1n) is 8.65. The highest BCUT2D eigenvalue weighted by molar-refractivity contribution is 7.92. The van der Waals surface area contributed by atoms with Crippen LogP contribution in [0.15, 0.2) is 48.7 Å². The Labute approximate surface area is 153 Å². The summed E-state index contributed by atoms with van der Waals surface area (Å²) < 4.78 is 39.8. The van der Waals surface area contributed by atoms with Gasteiger partial charge in [-0.15, -0.1) is 0 Å². The van der Waals surface area contributed by atoms with Crippen LogP contribution in [-0.4, -0.2) is 19.7 Å². The lowest BCUT2D eigenvalue weighted by atomic mass is 9.70. The quantitative estimate of drug-likeness (QED) is 0.652. The molecule has 0 bridgehead atoms. The first-order chi connectivity index (χ1) is 12.3. The van der Waals surface area contributed by atoms with Crippen molar-refractivity contribution in [3.63, 3.8) is 0 Å². The van der Waals surface area contributed by atoms with Crippen molar-refractivity contribution in [2.75, 3.05) is 11.0 Å². The fraction of sp³-hybridized carbons (Fsp3) is 0.300. The SMILES string of the molecule is CCC(CC)(c1cccc(F)c1)c1c[nH]c2c(NS(C)(=O)=O)cccc12. The van der Waals surface area contributed by atoms with Gasteiger partial charge in [0, 0.05) is 17.0 Å². The van der Waals surface area contributed by atoms with Crippen LogP contribution in [0.3, 0.4) is 0 Å². The largest absolute Gasteiger partial charge is 0.359 e. The molecule has 0 fully saturated rings. The molecule has 0 atom stereocenters. The summed E-state index contributed by atoms with van der Waals surface area (Å²) in [6.07, 6.45) is 4.63. The van der Waals surface area contributed by atoms with Gasteiger partial charge >= 0.3 is 0 Å². The lowest BCUT2D eigenvalue weighted by molar-refractivity contribution is 0.478. The number of aromatic amines is 1. The van der Waals surface area contributed by atoms with E-state index in [1.165, 1.54) is 6.07 Å². The van der Waals surface area contributed by atoms with Gasteiger partial charge in [-0.05, 0) is 42.2 Å². The fourth-order valence-corrected chi connectivity index (χ4v) is 4.39. The van der Waals surface area contributed by atoms with Crippen LogP contribution in [0.4, 0.5) is 10.1 Å². The second kappa shape index (κ2) is 6.76. The van der Waals surface area contributed by atoms with E-state index in [0.29, 0.717) is 5.69 Å². The lowest BCUT2D eigenvalue weighted by Gasteiger charge is -2.32. The molecule has 0 amide bonds. The molecule has 1 aromatic heterocycles. The summed E-state index contributed by atoms with van der Waals surface area (Å²) >= 11 is 0. The highest BCUT2D eigenvalue weighted by Gasteiger charge is 2.33. The number of nitrogens with one attached hydrogen (secondary N) is 2. The van der Waals surface area contributed by atoms with Crippen LogP contribution in [0.2, 0.25) is 0 Å². The van der Waals surface area contributed by atoms with E-state index < -0.39 is 10.0 Å². The van der Waals surface area contributed by atoms with Crippen LogP contribution in [0, 0.1) is 5.82 Å². The van der Waals surface area contributed by atoms with E-state index in [0.717, 1.165) is 41.1 Å². The third kappa shape index (κ3) is 3.21. The number of hydrogen-bond acceptors (Lipinski definition) is 2. The van der Waals surface area contributed by atoms with Gasteiger partial charge in [0.2, 0.25) is 10.0 Å². The molecule has 3 rings (SSSR count). The maximum Gasteiger partial charge on any atom is 0.229 e. The van der Waals surface area contributed by atoms with Gasteiger partial charge in [0.15, 0.2) is 0 Å². The molecule has 0 aliphatic carbocycles. The van der Waals surface area contributed by atoms with Crippen LogP contribution in [0.5, 0.6) is 0 Å². The van der Waals surface area contributed by atoms with Gasteiger partial charge in [-0.2, -0.15) is 0 Å². The molecule has 0 unspecified atom stereocenters. The topological polar surface area (TPSA) is 62.0 Å². The lowest BCUT2D eigenvalue weighted by Crippen LogP contribution is -2.26. The number of fused-ring (bicyclic) bond motifs is 1. The van der Waals surface area contributed by atoms with Crippen molar-refractivity contribution in [1.82, 2.24) is 4.98 Å². The van der Waals surface area contributed by atoms with Gasteiger partial charge in [0.25, 0.3) is 0 Å². The van der Waals surface area contributed by atoms with Crippen molar-refractivity contribution >= 4 is 26.6 Å². The number of hydrogen-bond donors (Lipinski definition) is 2. The Morgan fingerprint density at radius 1 is 1.12 bits per heavy atom. The zero-order valence-corrected chi connectivity index (χ0v) is 16.0. The predicted molar refractivity (Wildman–Crippen MR) is 105 cm³/mol. The first-order valence-corrected chi connectivity index (χ1v) is 10.5. The number of aromatic nitrogens is 1. The maximum absolute atomic E-state index is 13.9. The van der Waals surface area contributed by atoms with Crippen molar-refractivity contribution < 1.29 is 12.8 Å². The van der Waals surface area contributed by atoms with Crippen LogP contribution < -0.4 is 4.72 Å². The van der Waals surface area contributed by atoms with Crippen LogP contribution in [0.25, 0.3) is 10.9 Å². The Hall–Kier alpha value is -2.34. The third-order valence-electron chi connectivity index (χ3n) is 5.11. The molecule has 138 valence electrons. The Morgan fingerprint density at radius 3 is 2.42 bits per heavy atom. The number of sulfonamides is 1. The Morgan fingerprint density at radius 2 is 1.81 bits per heavy atom. The van der Waals surface area contributed by atoms with Crippen LogP contribution in [-0.2, 0) is 15.4 Å². The molecule has 0 saturated carbocycles. The molecule has 4 nitrogen and oxygen atoms in total. The third-order valence-corrected chi connectivity index (χ3v) is 5.70. The molecule has 6 heteroatoms. The zero-order chi connectivity index (χ0) is 18.9. The average Bonchev–Trinajstić information content (AvgIpc) is 3.01. The summed E-state index contributed by atoms with van der Waals surface area (Å²) in [5.74, 6) is -0.256. The van der Waals surface area contributed by atoms with Crippen molar-refractivity contribution in [1.29, 1.82) is 0 Å². The smallest absolute Gasteiger partial charge is 0.229 e. The van der Waals surface area contributed by atoms with Gasteiger partial charge < -0.3 is 4.98 Å². The van der Waals surface area contributed by atoms with E-state index >= 15 is 0 Å². The minimum absolute atomic E-state index is 0.256. The number of para-hydroxylation sites is 1. The van der Waals surface area contributed by atoms with Gasteiger partial charge in [-0.25, -0.2) is 12.8 Å². The summed E-state index contributed by atoms with van der Waals surface area (Å²) in [7, 11) is -3.38. The summed E-state index contributed by atoms with van der Waals surface area (Å²) in [5, 5.41) is 0.937. The molecule has 0 aliphatic heterocycles. The van der Waals surface area contributed by atoms with Crippen molar-refractivity contribution in [2.45, 2.75) is 32.1 Å². The van der Waals surface area contributed by atoms with Gasteiger partial charge in [-0.3, -0.25) is 4.72 Å². The van der Waals surface area contributed by atoms with E-state index in [-0.39, 0.29) is 11.2 Å². The second-order valence-electron chi connectivity index (χ2n) is 6.60. The molecule has 0 radical (unpaired) electrons. The molecular formula is C20H23FN2O2S. The minimum atomic E-state index is -3.38. The molecule has 0 aliphatic rings. The van der Waals surface area contributed by atoms with Crippen molar-refractivity contribution in [3.8, 4) is 0 Å². The summed E-state index contributed by atoms with van der Waals surface area (Å²) in [4.78, 5) is 3.22. The van der Waals surface area contributed by atoms with Crippen LogP contribution >= 0.6 is 0 Å². The molecule has 0 spiro atoms. The number of rotatable bonds is 6. The Bertz CT molecular complexity index is 1040. The maximum atomic E-state index is 13.9. The molecule has 2 aromatic carbocycles. The number of H-pyrrole nitrogens is 1. The average molecular weight is 374 g/mol. The molecule has 26 heavy (non-hydrogen) atoms. The van der Waals surface area contributed by atoms with E-state index in [1.54, 1.807) is 18.2 Å². The van der Waals surface area contributed by atoms with Gasteiger partial charge in [0.1, 0.15) is 5.82 Å². The molecule has 1 heterocycles. The van der Waals surface area contributed by atoms with E-state index in [4.69, 9.17) is 0 Å². The highest BCUT2D eigenvalue weighted by Crippen LogP contribution is 2.43. The predicted octanol–water partition coefficient (Wildman–Crippen LogP) is 4.78. The second-order valence-corrected chi connectivity index (χ2v) is 8.35. The van der Waals surface area contributed by atoms with E-state index in [2.05, 4.69) is 23.6 Å². The Balaban J connectivity index is 2.24. The molecular weight excluding hydrogens is 351 g/mol. The minimum Gasteiger partial charge on any atom is -0.359 e. The van der Waals surface area contributed by atoms with Crippen LogP contribution in [0.1, 0.15) is 37.8 Å². The summed E-state index contributed by atoms with van der Waals surface area (Å²) in [5.41, 5.74) is 2.85. The normalized spacial score (nSPS) is 12.5. The highest BCUT2D eigenvalue weighted by atomic mass is 32.2. The van der Waals surface area contributed by atoms with E-state index in [9.17, 15) is 12.8 Å². The van der Waals surface area contributed by atoms with Gasteiger partial charge in [-0.1, -0.05) is 38.1 Å². The molecule has 3 aromatic rings. The summed E-state index contributed by atoms with van der Waals surface area (Å²) in [6, 6.07) is 12.2. The van der Waals surface area contributed by atoms with Gasteiger partial charge in [0.05, 0.1) is 17.5 Å². The number of benzene rings is 2. The number of halogens is 1. The standard InChI is InChI=1S/C20H23FN2O2S/c1-4-20(5-2,14-8-6-9-15(21)12-14)17-13-22-19-16(17)10-7-11-18(19)23-26(3,24)25/h6-13,22-23H,4-5H2,1-3H3. The van der Waals surface area contributed by atoms with Crippen molar-refractivity contribution in [3.05, 3.63) is 65.6 Å². The first kappa shape index (κ1) is 18.5. The Kier molecular flexibility index (Phi) is 4.80. The van der Waals surface area contributed by atoms with Crippen molar-refractivity contribution in [2.24, 2.45) is 0 Å². The number of anilines is 1. The fourth-order valence-electron chi connectivity index (χ4n) is 3.82. The van der Waals surface area contributed by atoms with E-state index in [1.807, 2.05) is 24.4 Å². The monoisotopic (exact) mass is 374 g/mol. The molecule has 2 N–H and O–H groups in total. The molecule has 0 saturated heterocycles.